The fourth-order valence-electron chi connectivity index (χ4n) is 2.95. The van der Waals surface area contributed by atoms with Gasteiger partial charge in [-0.25, -0.2) is 9.18 Å². The first-order chi connectivity index (χ1) is 12.5. The monoisotopic (exact) mass is 355 g/mol. The third-order valence-electron chi connectivity index (χ3n) is 4.26. The Labute approximate surface area is 152 Å². The molecule has 1 heterocycles. The summed E-state index contributed by atoms with van der Waals surface area (Å²) < 4.78 is 19.4. The molecule has 1 aromatic carbocycles. The van der Waals surface area contributed by atoms with E-state index >= 15 is 0 Å². The van der Waals surface area contributed by atoms with Gasteiger partial charge in [0, 0.05) is 18.4 Å². The molecule has 0 saturated carbocycles. The minimum atomic E-state index is -1.37. The number of esters is 1. The van der Waals surface area contributed by atoms with E-state index in [-0.39, 0.29) is 5.97 Å². The molecule has 0 spiro atoms. The number of hydrogen-bond donors (Lipinski definition) is 0. The number of halogens is 1. The lowest BCUT2D eigenvalue weighted by molar-refractivity contribution is 0.0526. The summed E-state index contributed by atoms with van der Waals surface area (Å²) in [5.41, 5.74) is 1.42. The van der Waals surface area contributed by atoms with Crippen LogP contribution in [-0.2, 0) is 9.57 Å². The maximum absolute atomic E-state index is 14.4. The van der Waals surface area contributed by atoms with Crippen LogP contribution in [0.4, 0.5) is 4.39 Å². The molecule has 0 fully saturated rings. The van der Waals surface area contributed by atoms with Crippen molar-refractivity contribution in [1.29, 1.82) is 0 Å². The molecule has 4 nitrogen and oxygen atoms in total. The summed E-state index contributed by atoms with van der Waals surface area (Å²) in [6.07, 6.45) is 8.91. The van der Waals surface area contributed by atoms with Crippen LogP contribution in [0.1, 0.15) is 49.0 Å². The third-order valence-corrected chi connectivity index (χ3v) is 4.26. The fraction of sp³-hybridized carbons (Fsp3) is 0.333. The number of benzene rings is 1. The van der Waals surface area contributed by atoms with Gasteiger partial charge in [-0.15, -0.1) is 0 Å². The van der Waals surface area contributed by atoms with Crippen LogP contribution in [0.3, 0.4) is 0 Å². The number of hydrogen-bond acceptors (Lipinski definition) is 4. The van der Waals surface area contributed by atoms with Gasteiger partial charge in [-0.2, -0.15) is 0 Å². The van der Waals surface area contributed by atoms with Gasteiger partial charge < -0.3 is 9.57 Å². The topological polar surface area (TPSA) is 47.9 Å². The van der Waals surface area contributed by atoms with Crippen LogP contribution < -0.4 is 0 Å². The molecule has 0 bridgehead atoms. The molecule has 1 atom stereocenters. The van der Waals surface area contributed by atoms with Gasteiger partial charge in [0.15, 0.2) is 5.76 Å². The summed E-state index contributed by atoms with van der Waals surface area (Å²) in [5.74, 6) is 0.209. The van der Waals surface area contributed by atoms with Crippen molar-refractivity contribution in [1.82, 2.24) is 0 Å². The highest BCUT2D eigenvalue weighted by Gasteiger charge is 2.24. The summed E-state index contributed by atoms with van der Waals surface area (Å²) >= 11 is 0. The summed E-state index contributed by atoms with van der Waals surface area (Å²) in [5, 5.41) is 4.19. The van der Waals surface area contributed by atoms with Crippen molar-refractivity contribution in [3.05, 3.63) is 65.3 Å². The first-order valence-corrected chi connectivity index (χ1v) is 8.76. The number of allylic oxidation sites excluding steroid dienone is 5. The van der Waals surface area contributed by atoms with Crippen LogP contribution in [-0.4, -0.2) is 24.0 Å². The van der Waals surface area contributed by atoms with Crippen LogP contribution in [0.5, 0.6) is 0 Å². The Hall–Kier alpha value is -2.69. The lowest BCUT2D eigenvalue weighted by atomic mass is 9.97. The molecule has 1 aliphatic carbocycles. The van der Waals surface area contributed by atoms with E-state index in [9.17, 15) is 9.18 Å². The second-order valence-corrected chi connectivity index (χ2v) is 6.53. The third kappa shape index (κ3) is 4.28. The smallest absolute Gasteiger partial charge is 0.338 e. The molecule has 0 radical (unpaired) electrons. The highest BCUT2D eigenvalue weighted by molar-refractivity contribution is 6.02. The number of ether oxygens (including phenoxy) is 1. The van der Waals surface area contributed by atoms with E-state index in [1.54, 1.807) is 38.1 Å². The summed E-state index contributed by atoms with van der Waals surface area (Å²) in [4.78, 5) is 17.4. The molecule has 3 rings (SSSR count). The summed E-state index contributed by atoms with van der Waals surface area (Å²) in [6.45, 7) is 3.66. The quantitative estimate of drug-likeness (QED) is 0.565. The highest BCUT2D eigenvalue weighted by atomic mass is 19.1. The first kappa shape index (κ1) is 18.1. The van der Waals surface area contributed by atoms with Crippen LogP contribution in [0.2, 0.25) is 0 Å². The number of nitrogens with zero attached hydrogens (tertiary/aromatic N) is 1. The largest absolute Gasteiger partial charge is 0.462 e. The number of carbonyl (C=O) groups excluding carboxylic acids is 1. The van der Waals surface area contributed by atoms with E-state index in [2.05, 4.69) is 5.16 Å². The Balaban J connectivity index is 1.75. The van der Waals surface area contributed by atoms with Gasteiger partial charge in [0.1, 0.15) is 5.67 Å². The minimum Gasteiger partial charge on any atom is -0.462 e. The van der Waals surface area contributed by atoms with Crippen molar-refractivity contribution in [2.24, 2.45) is 5.16 Å². The maximum Gasteiger partial charge on any atom is 0.338 e. The number of oxime groups is 1. The number of carbonyl (C=O) groups is 1. The molecule has 1 aliphatic heterocycles. The SMILES string of the molecule is CCOC(=O)c1cccc(C2=CCC(C3=CC(C)(F)CC=CC3)=NO2)c1. The average Bonchev–Trinajstić information content (AvgIpc) is 2.83. The Morgan fingerprint density at radius 2 is 2.19 bits per heavy atom. The second-order valence-electron chi connectivity index (χ2n) is 6.53. The maximum atomic E-state index is 14.4. The van der Waals surface area contributed by atoms with E-state index < -0.39 is 5.67 Å². The van der Waals surface area contributed by atoms with Gasteiger partial charge in [0.05, 0.1) is 17.9 Å². The highest BCUT2D eigenvalue weighted by Crippen LogP contribution is 2.29. The van der Waals surface area contributed by atoms with Crippen LogP contribution in [0, 0.1) is 0 Å². The molecule has 0 N–H and O–H groups in total. The van der Waals surface area contributed by atoms with E-state index in [0.29, 0.717) is 37.2 Å². The normalized spacial score (nSPS) is 22.5. The predicted molar refractivity (Wildman–Crippen MR) is 99.5 cm³/mol. The molecule has 1 unspecified atom stereocenters. The van der Waals surface area contributed by atoms with Crippen molar-refractivity contribution in [2.45, 2.75) is 38.8 Å². The lowest BCUT2D eigenvalue weighted by Crippen LogP contribution is -2.15. The Kier molecular flexibility index (Phi) is 5.35. The van der Waals surface area contributed by atoms with Gasteiger partial charge in [0.25, 0.3) is 0 Å². The molecule has 26 heavy (non-hydrogen) atoms. The average molecular weight is 355 g/mol. The molecule has 0 aromatic heterocycles. The number of rotatable bonds is 4. The Bertz CT molecular complexity index is 818. The summed E-state index contributed by atoms with van der Waals surface area (Å²) in [7, 11) is 0. The zero-order chi connectivity index (χ0) is 18.6. The van der Waals surface area contributed by atoms with E-state index in [4.69, 9.17) is 9.57 Å². The predicted octanol–water partition coefficient (Wildman–Crippen LogP) is 4.99. The zero-order valence-corrected chi connectivity index (χ0v) is 15.0. The van der Waals surface area contributed by atoms with Crippen molar-refractivity contribution in [3.63, 3.8) is 0 Å². The van der Waals surface area contributed by atoms with Crippen molar-refractivity contribution in [3.8, 4) is 0 Å². The van der Waals surface area contributed by atoms with Crippen molar-refractivity contribution in [2.75, 3.05) is 6.61 Å². The van der Waals surface area contributed by atoms with E-state index in [1.807, 2.05) is 24.3 Å². The van der Waals surface area contributed by atoms with Gasteiger partial charge >= 0.3 is 5.97 Å². The van der Waals surface area contributed by atoms with Gasteiger partial charge in [-0.1, -0.05) is 29.4 Å². The molecule has 1 aromatic rings. The van der Waals surface area contributed by atoms with Gasteiger partial charge in [-0.3, -0.25) is 0 Å². The van der Waals surface area contributed by atoms with E-state index in [1.165, 1.54) is 0 Å². The molecule has 5 heteroatoms. The van der Waals surface area contributed by atoms with Gasteiger partial charge in [-0.05, 0) is 50.1 Å². The molecule has 0 amide bonds. The molecular formula is C21H22FNO3. The molecule has 2 aliphatic rings. The second kappa shape index (κ2) is 7.68. The van der Waals surface area contributed by atoms with Gasteiger partial charge in [0.2, 0.25) is 0 Å². The minimum absolute atomic E-state index is 0.326. The molecule has 0 saturated heterocycles. The summed E-state index contributed by atoms with van der Waals surface area (Å²) in [6, 6.07) is 7.04. The Morgan fingerprint density at radius 3 is 2.92 bits per heavy atom. The van der Waals surface area contributed by atoms with Crippen LogP contribution in [0.25, 0.3) is 5.76 Å². The standard InChI is InChI=1S/C21H22FNO3/c1-3-25-20(24)16-9-6-8-15(13-16)19-11-10-18(23-26-19)17-7-4-5-12-21(2,22)14-17/h4-6,8-9,11,13-14H,3,7,10,12H2,1-2H3. The van der Waals surface area contributed by atoms with Crippen molar-refractivity contribution < 1.29 is 18.8 Å². The first-order valence-electron chi connectivity index (χ1n) is 8.76. The number of alkyl halides is 1. The molecular weight excluding hydrogens is 333 g/mol. The van der Waals surface area contributed by atoms with Crippen LogP contribution in [0.15, 0.2) is 59.3 Å². The molecule has 136 valence electrons. The van der Waals surface area contributed by atoms with Crippen molar-refractivity contribution >= 4 is 17.4 Å². The van der Waals surface area contributed by atoms with E-state index in [0.717, 1.165) is 16.8 Å². The lowest BCUT2D eigenvalue weighted by Gasteiger charge is -2.17. The fourth-order valence-corrected chi connectivity index (χ4v) is 2.95. The Morgan fingerprint density at radius 1 is 1.35 bits per heavy atom. The van der Waals surface area contributed by atoms with Crippen LogP contribution >= 0.6 is 0 Å². The zero-order valence-electron chi connectivity index (χ0n) is 15.0.